The van der Waals surface area contributed by atoms with Crippen LogP contribution in [-0.4, -0.2) is 28.4 Å². The molecule has 0 aliphatic carbocycles. The molecule has 22 heavy (non-hydrogen) atoms. The fourth-order valence-electron chi connectivity index (χ4n) is 2.09. The summed E-state index contributed by atoms with van der Waals surface area (Å²) in [6, 6.07) is 8.36. The van der Waals surface area contributed by atoms with E-state index in [1.807, 2.05) is 0 Å². The van der Waals surface area contributed by atoms with E-state index >= 15 is 0 Å². The van der Waals surface area contributed by atoms with Crippen molar-refractivity contribution >= 4 is 34.2 Å². The second-order valence-electron chi connectivity index (χ2n) is 5.30. The molecule has 114 valence electrons. The van der Waals surface area contributed by atoms with E-state index in [4.69, 9.17) is 0 Å². The first-order chi connectivity index (χ1) is 10.6. The number of carbonyl (C=O) groups excluding carboxylic acids is 1. The minimum atomic E-state index is -0.186. The fraction of sp³-hybridized carbons (Fsp3) is 0.312. The zero-order valence-electron chi connectivity index (χ0n) is 12.5. The SMILES string of the molecule is CC(C)c1ccc(-c2nc(C(=O)NC3=NCCS3)cs2)cc1. The second-order valence-corrected chi connectivity index (χ2v) is 7.25. The van der Waals surface area contributed by atoms with E-state index in [2.05, 4.69) is 53.4 Å². The molecule has 0 bridgehead atoms. The monoisotopic (exact) mass is 331 g/mol. The van der Waals surface area contributed by atoms with Gasteiger partial charge in [-0.15, -0.1) is 11.3 Å². The number of aromatic nitrogens is 1. The molecule has 4 nitrogen and oxygen atoms in total. The van der Waals surface area contributed by atoms with Gasteiger partial charge in [-0.3, -0.25) is 15.1 Å². The molecule has 1 aromatic heterocycles. The van der Waals surface area contributed by atoms with Gasteiger partial charge in [0.25, 0.3) is 5.91 Å². The molecule has 2 aromatic rings. The Balaban J connectivity index is 1.73. The molecule has 6 heteroatoms. The smallest absolute Gasteiger partial charge is 0.276 e. The highest BCUT2D eigenvalue weighted by Gasteiger charge is 2.16. The summed E-state index contributed by atoms with van der Waals surface area (Å²) in [6.07, 6.45) is 0. The van der Waals surface area contributed by atoms with Crippen molar-refractivity contribution in [3.05, 3.63) is 40.9 Å². The number of hydrogen-bond acceptors (Lipinski definition) is 5. The predicted molar refractivity (Wildman–Crippen MR) is 93.9 cm³/mol. The first-order valence-corrected chi connectivity index (χ1v) is 9.04. The maximum Gasteiger partial charge on any atom is 0.276 e. The maximum atomic E-state index is 12.1. The lowest BCUT2D eigenvalue weighted by molar-refractivity contribution is 0.0974. The normalized spacial score (nSPS) is 14.2. The molecule has 0 saturated heterocycles. The highest BCUT2D eigenvalue weighted by atomic mass is 32.2. The van der Waals surface area contributed by atoms with E-state index in [9.17, 15) is 4.79 Å². The first-order valence-electron chi connectivity index (χ1n) is 7.18. The average Bonchev–Trinajstić information content (AvgIpc) is 3.18. The summed E-state index contributed by atoms with van der Waals surface area (Å²) < 4.78 is 0. The van der Waals surface area contributed by atoms with Crippen LogP contribution in [0.2, 0.25) is 0 Å². The number of benzene rings is 1. The van der Waals surface area contributed by atoms with Gasteiger partial charge in [0.2, 0.25) is 0 Å². The van der Waals surface area contributed by atoms with Crippen molar-refractivity contribution in [1.29, 1.82) is 0 Å². The van der Waals surface area contributed by atoms with Crippen molar-refractivity contribution < 1.29 is 4.79 Å². The number of thioether (sulfide) groups is 1. The van der Waals surface area contributed by atoms with Crippen molar-refractivity contribution in [3.63, 3.8) is 0 Å². The van der Waals surface area contributed by atoms with Crippen molar-refractivity contribution in [3.8, 4) is 10.6 Å². The van der Waals surface area contributed by atoms with Gasteiger partial charge in [0, 0.05) is 16.7 Å². The summed E-state index contributed by atoms with van der Waals surface area (Å²) >= 11 is 3.05. The number of hydrogen-bond donors (Lipinski definition) is 1. The molecule has 0 saturated carbocycles. The van der Waals surface area contributed by atoms with E-state index < -0.39 is 0 Å². The second kappa shape index (κ2) is 6.62. The minimum Gasteiger partial charge on any atom is -0.300 e. The Hall–Kier alpha value is -1.66. The third-order valence-electron chi connectivity index (χ3n) is 3.37. The zero-order chi connectivity index (χ0) is 15.5. The van der Waals surface area contributed by atoms with Gasteiger partial charge in [-0.05, 0) is 11.5 Å². The van der Waals surface area contributed by atoms with Crippen molar-refractivity contribution in [1.82, 2.24) is 10.3 Å². The Morgan fingerprint density at radius 3 is 2.68 bits per heavy atom. The fourth-order valence-corrected chi connectivity index (χ4v) is 3.62. The summed E-state index contributed by atoms with van der Waals surface area (Å²) in [5.41, 5.74) is 2.79. The quantitative estimate of drug-likeness (QED) is 0.931. The van der Waals surface area contributed by atoms with Crippen molar-refractivity contribution in [2.45, 2.75) is 19.8 Å². The largest absolute Gasteiger partial charge is 0.300 e. The lowest BCUT2D eigenvalue weighted by Gasteiger charge is -2.05. The van der Waals surface area contributed by atoms with E-state index in [0.29, 0.717) is 16.8 Å². The Labute approximate surface area is 138 Å². The number of amides is 1. The van der Waals surface area contributed by atoms with Crippen LogP contribution in [0.3, 0.4) is 0 Å². The third-order valence-corrected chi connectivity index (χ3v) is 5.15. The molecule has 0 fully saturated rings. The van der Waals surface area contributed by atoms with E-state index in [0.717, 1.165) is 22.9 Å². The average molecular weight is 331 g/mol. The number of rotatable bonds is 3. The van der Waals surface area contributed by atoms with E-state index in [1.54, 1.807) is 17.1 Å². The summed E-state index contributed by atoms with van der Waals surface area (Å²) in [5.74, 6) is 1.26. The number of nitrogens with zero attached hydrogens (tertiary/aromatic N) is 2. The van der Waals surface area contributed by atoms with Gasteiger partial charge in [0.1, 0.15) is 10.7 Å². The van der Waals surface area contributed by atoms with E-state index in [1.165, 1.54) is 16.9 Å². The molecule has 0 unspecified atom stereocenters. The minimum absolute atomic E-state index is 0.186. The van der Waals surface area contributed by atoms with Crippen LogP contribution < -0.4 is 5.32 Å². The van der Waals surface area contributed by atoms with Crippen LogP contribution in [0.4, 0.5) is 0 Å². The molecule has 1 aliphatic rings. The predicted octanol–water partition coefficient (Wildman–Crippen LogP) is 3.77. The van der Waals surface area contributed by atoms with E-state index in [-0.39, 0.29) is 5.91 Å². The molecule has 2 heterocycles. The van der Waals surface area contributed by atoms with Gasteiger partial charge in [-0.2, -0.15) is 0 Å². The zero-order valence-corrected chi connectivity index (χ0v) is 14.1. The molecule has 3 rings (SSSR count). The molecule has 0 radical (unpaired) electrons. The van der Waals surface area contributed by atoms with Crippen molar-refractivity contribution in [2.75, 3.05) is 12.3 Å². The van der Waals surface area contributed by atoms with Crippen molar-refractivity contribution in [2.24, 2.45) is 4.99 Å². The highest BCUT2D eigenvalue weighted by molar-refractivity contribution is 8.14. The lowest BCUT2D eigenvalue weighted by Crippen LogP contribution is -2.27. The molecule has 0 atom stereocenters. The molecule has 1 amide bonds. The van der Waals surface area contributed by atoms with Crippen LogP contribution in [0.1, 0.15) is 35.8 Å². The van der Waals surface area contributed by atoms with Crippen LogP contribution in [0.5, 0.6) is 0 Å². The van der Waals surface area contributed by atoms with Gasteiger partial charge < -0.3 is 0 Å². The number of thiazole rings is 1. The summed E-state index contributed by atoms with van der Waals surface area (Å²) in [6.45, 7) is 5.11. The van der Waals surface area contributed by atoms with Crippen LogP contribution in [0.15, 0.2) is 34.6 Å². The number of carbonyl (C=O) groups is 1. The van der Waals surface area contributed by atoms with Crippen LogP contribution in [0.25, 0.3) is 10.6 Å². The molecule has 1 aromatic carbocycles. The summed E-state index contributed by atoms with van der Waals surface area (Å²) in [4.78, 5) is 20.8. The molecule has 0 spiro atoms. The molecule has 1 aliphatic heterocycles. The van der Waals surface area contributed by atoms with Gasteiger partial charge in [-0.25, -0.2) is 4.98 Å². The summed E-state index contributed by atoms with van der Waals surface area (Å²) in [5, 5.41) is 6.15. The van der Waals surface area contributed by atoms with Gasteiger partial charge in [-0.1, -0.05) is 49.9 Å². The highest BCUT2D eigenvalue weighted by Crippen LogP contribution is 2.26. The Kier molecular flexibility index (Phi) is 4.59. The van der Waals surface area contributed by atoms with Gasteiger partial charge in [0.15, 0.2) is 5.17 Å². The Morgan fingerprint density at radius 2 is 2.05 bits per heavy atom. The molecular formula is C16H17N3OS2. The van der Waals surface area contributed by atoms with Crippen LogP contribution in [-0.2, 0) is 0 Å². The topological polar surface area (TPSA) is 54.4 Å². The van der Waals surface area contributed by atoms with Crippen LogP contribution >= 0.6 is 23.1 Å². The maximum absolute atomic E-state index is 12.1. The lowest BCUT2D eigenvalue weighted by atomic mass is 10.0. The Bertz CT molecular complexity index is 704. The molecular weight excluding hydrogens is 314 g/mol. The van der Waals surface area contributed by atoms with Gasteiger partial charge >= 0.3 is 0 Å². The standard InChI is InChI=1S/C16H17N3OS2/c1-10(2)11-3-5-12(6-4-11)15-18-13(9-22-15)14(20)19-16-17-7-8-21-16/h3-6,9-10H,7-8H2,1-2H3,(H,17,19,20). The number of amidine groups is 1. The van der Waals surface area contributed by atoms with Gasteiger partial charge in [0.05, 0.1) is 6.54 Å². The molecule has 1 N–H and O–H groups in total. The third kappa shape index (κ3) is 3.39. The number of aliphatic imine (C=N–C) groups is 1. The first kappa shape index (κ1) is 15.2. The summed E-state index contributed by atoms with van der Waals surface area (Å²) in [7, 11) is 0. The number of nitrogens with one attached hydrogen (secondary N) is 1. The van der Waals surface area contributed by atoms with Crippen LogP contribution in [0, 0.1) is 0 Å². The Morgan fingerprint density at radius 1 is 1.27 bits per heavy atom.